The highest BCUT2D eigenvalue weighted by atomic mass is 15.1. The van der Waals surface area contributed by atoms with Crippen LogP contribution >= 0.6 is 0 Å². The molecule has 2 heteroatoms. The van der Waals surface area contributed by atoms with Gasteiger partial charge in [0, 0.05) is 33.4 Å². The van der Waals surface area contributed by atoms with Crippen LogP contribution in [0.3, 0.4) is 0 Å². The van der Waals surface area contributed by atoms with E-state index in [9.17, 15) is 0 Å². The molecule has 0 fully saturated rings. The van der Waals surface area contributed by atoms with Crippen LogP contribution in [0.5, 0.6) is 0 Å². The van der Waals surface area contributed by atoms with Crippen LogP contribution in [0.4, 0.5) is 17.1 Å². The molecule has 1 aromatic heterocycles. The largest absolute Gasteiger partial charge is 0.310 e. The van der Waals surface area contributed by atoms with Crippen molar-refractivity contribution in [1.29, 1.82) is 0 Å². The first-order valence-corrected chi connectivity index (χ1v) is 21.3. The van der Waals surface area contributed by atoms with Crippen LogP contribution in [0.25, 0.3) is 93.2 Å². The standard InChI is InChI=1S/C60H40N2/c1-2-13-43(14-3-1)55-38-30-47(53-22-12-17-42-15-4-6-18-51(42)53)40-60(55)61(49-33-35-50(36-34-49)62-58-23-10-8-20-56(58)57-21-9-11-24-59(57)62)48-31-27-41(28-32-48)45-29-37-54-46(39-45)26-25-44-16-5-7-19-52(44)54/h1-40H. The predicted molar refractivity (Wildman–Crippen MR) is 264 cm³/mol. The molecule has 12 aromatic rings. The smallest absolute Gasteiger partial charge is 0.0546 e. The Morgan fingerprint density at radius 3 is 1.53 bits per heavy atom. The zero-order chi connectivity index (χ0) is 41.0. The van der Waals surface area contributed by atoms with Crippen molar-refractivity contribution in [3.8, 4) is 39.1 Å². The molecule has 0 aliphatic rings. The summed E-state index contributed by atoms with van der Waals surface area (Å²) < 4.78 is 2.39. The molecule has 0 amide bonds. The molecule has 0 spiro atoms. The maximum atomic E-state index is 2.43. The van der Waals surface area contributed by atoms with Gasteiger partial charge in [0.15, 0.2) is 0 Å². The van der Waals surface area contributed by atoms with Gasteiger partial charge in [-0.1, -0.05) is 182 Å². The maximum Gasteiger partial charge on any atom is 0.0546 e. The average Bonchev–Trinajstić information content (AvgIpc) is 3.69. The van der Waals surface area contributed by atoms with Gasteiger partial charge in [-0.2, -0.15) is 0 Å². The van der Waals surface area contributed by atoms with E-state index in [1.54, 1.807) is 0 Å². The zero-order valence-electron chi connectivity index (χ0n) is 34.0. The van der Waals surface area contributed by atoms with Crippen molar-refractivity contribution in [1.82, 2.24) is 4.57 Å². The van der Waals surface area contributed by atoms with Gasteiger partial charge < -0.3 is 9.47 Å². The van der Waals surface area contributed by atoms with Crippen LogP contribution in [-0.2, 0) is 0 Å². The van der Waals surface area contributed by atoms with Gasteiger partial charge in [-0.15, -0.1) is 0 Å². The molecule has 290 valence electrons. The molecule has 12 rings (SSSR count). The molecule has 0 N–H and O–H groups in total. The number of para-hydroxylation sites is 2. The Morgan fingerprint density at radius 2 is 0.806 bits per heavy atom. The van der Waals surface area contributed by atoms with E-state index in [4.69, 9.17) is 0 Å². The van der Waals surface area contributed by atoms with Crippen molar-refractivity contribution in [3.05, 3.63) is 243 Å². The van der Waals surface area contributed by atoms with Crippen molar-refractivity contribution in [2.75, 3.05) is 4.90 Å². The molecule has 0 aliphatic heterocycles. The highest BCUT2D eigenvalue weighted by molar-refractivity contribution is 6.10. The quantitative estimate of drug-likeness (QED) is 0.146. The molecule has 0 unspecified atom stereocenters. The first-order valence-electron chi connectivity index (χ1n) is 21.3. The topological polar surface area (TPSA) is 8.17 Å². The minimum Gasteiger partial charge on any atom is -0.310 e. The molecule has 0 atom stereocenters. The Bertz CT molecular complexity index is 3560. The van der Waals surface area contributed by atoms with Gasteiger partial charge in [-0.3, -0.25) is 0 Å². The van der Waals surface area contributed by atoms with Crippen molar-refractivity contribution in [2.24, 2.45) is 0 Å². The van der Waals surface area contributed by atoms with Gasteiger partial charge in [0.05, 0.1) is 16.7 Å². The van der Waals surface area contributed by atoms with E-state index in [1.165, 1.54) is 81.9 Å². The van der Waals surface area contributed by atoms with Gasteiger partial charge >= 0.3 is 0 Å². The van der Waals surface area contributed by atoms with Gasteiger partial charge in [0.1, 0.15) is 0 Å². The third-order valence-electron chi connectivity index (χ3n) is 12.6. The first-order chi connectivity index (χ1) is 30.7. The highest BCUT2D eigenvalue weighted by Gasteiger charge is 2.20. The third kappa shape index (κ3) is 6.04. The van der Waals surface area contributed by atoms with Crippen LogP contribution in [0.15, 0.2) is 243 Å². The number of rotatable bonds is 7. The average molecular weight is 789 g/mol. The number of fused-ring (bicyclic) bond motifs is 7. The molecule has 62 heavy (non-hydrogen) atoms. The fourth-order valence-electron chi connectivity index (χ4n) is 9.60. The van der Waals surface area contributed by atoms with E-state index in [-0.39, 0.29) is 0 Å². The third-order valence-corrected chi connectivity index (χ3v) is 12.6. The molecule has 0 bridgehead atoms. The molecule has 1 heterocycles. The van der Waals surface area contributed by atoms with Crippen molar-refractivity contribution >= 4 is 71.2 Å². The van der Waals surface area contributed by atoms with E-state index in [0.717, 1.165) is 28.3 Å². The fraction of sp³-hybridized carbons (Fsp3) is 0. The number of hydrogen-bond donors (Lipinski definition) is 0. The molecule has 0 saturated heterocycles. The second-order valence-electron chi connectivity index (χ2n) is 16.1. The lowest BCUT2D eigenvalue weighted by Gasteiger charge is -2.29. The number of aromatic nitrogens is 1. The van der Waals surface area contributed by atoms with E-state index in [2.05, 4.69) is 252 Å². The van der Waals surface area contributed by atoms with E-state index >= 15 is 0 Å². The normalized spacial score (nSPS) is 11.5. The van der Waals surface area contributed by atoms with Gasteiger partial charge in [0.25, 0.3) is 0 Å². The SMILES string of the molecule is c1ccc(-c2ccc(-c3cccc4ccccc34)cc2N(c2ccc(-c3ccc4c(ccc5ccccc54)c3)cc2)c2ccc(-n3c4ccccc4c4ccccc43)cc2)cc1. The summed E-state index contributed by atoms with van der Waals surface area (Å²) in [6.07, 6.45) is 0. The van der Waals surface area contributed by atoms with Crippen LogP contribution in [0.2, 0.25) is 0 Å². The molecular weight excluding hydrogens is 749 g/mol. The van der Waals surface area contributed by atoms with Gasteiger partial charge in [0.2, 0.25) is 0 Å². The van der Waals surface area contributed by atoms with E-state index < -0.39 is 0 Å². The molecule has 0 radical (unpaired) electrons. The summed E-state index contributed by atoms with van der Waals surface area (Å²) in [5, 5.41) is 10.0. The van der Waals surface area contributed by atoms with Crippen LogP contribution in [0, 0.1) is 0 Å². The van der Waals surface area contributed by atoms with Crippen LogP contribution < -0.4 is 4.90 Å². The zero-order valence-corrected chi connectivity index (χ0v) is 34.0. The molecule has 0 saturated carbocycles. The lowest BCUT2D eigenvalue weighted by atomic mass is 9.94. The second-order valence-corrected chi connectivity index (χ2v) is 16.1. The second kappa shape index (κ2) is 14.8. The summed E-state index contributed by atoms with van der Waals surface area (Å²) in [6, 6.07) is 88.6. The summed E-state index contributed by atoms with van der Waals surface area (Å²) in [4.78, 5) is 2.43. The Hall–Kier alpha value is -8.20. The molecule has 11 aromatic carbocycles. The minimum atomic E-state index is 1.08. The molecule has 2 nitrogen and oxygen atoms in total. The summed E-state index contributed by atoms with van der Waals surface area (Å²) in [6.45, 7) is 0. The predicted octanol–water partition coefficient (Wildman–Crippen LogP) is 16.7. The lowest BCUT2D eigenvalue weighted by Crippen LogP contribution is -2.11. The van der Waals surface area contributed by atoms with Gasteiger partial charge in [-0.25, -0.2) is 0 Å². The Labute approximate surface area is 360 Å². The maximum absolute atomic E-state index is 2.43. The van der Waals surface area contributed by atoms with Crippen LogP contribution in [0.1, 0.15) is 0 Å². The van der Waals surface area contributed by atoms with E-state index in [0.29, 0.717) is 0 Å². The number of hydrogen-bond acceptors (Lipinski definition) is 1. The summed E-state index contributed by atoms with van der Waals surface area (Å²) in [5.41, 5.74) is 13.9. The molecular formula is C60H40N2. The highest BCUT2D eigenvalue weighted by Crippen LogP contribution is 2.45. The number of benzene rings is 11. The molecule has 0 aliphatic carbocycles. The summed E-state index contributed by atoms with van der Waals surface area (Å²) in [5.74, 6) is 0. The van der Waals surface area contributed by atoms with E-state index in [1.807, 2.05) is 0 Å². The Balaban J connectivity index is 1.04. The minimum absolute atomic E-state index is 1.08. The Kier molecular flexibility index (Phi) is 8.53. The van der Waals surface area contributed by atoms with Crippen LogP contribution in [-0.4, -0.2) is 4.57 Å². The summed E-state index contributed by atoms with van der Waals surface area (Å²) >= 11 is 0. The van der Waals surface area contributed by atoms with Crippen molar-refractivity contribution in [3.63, 3.8) is 0 Å². The fourth-order valence-corrected chi connectivity index (χ4v) is 9.60. The summed E-state index contributed by atoms with van der Waals surface area (Å²) in [7, 11) is 0. The number of nitrogens with zero attached hydrogens (tertiary/aromatic N) is 2. The first kappa shape index (κ1) is 35.7. The lowest BCUT2D eigenvalue weighted by molar-refractivity contribution is 1.17. The Morgan fingerprint density at radius 1 is 0.274 bits per heavy atom. The van der Waals surface area contributed by atoms with Crippen molar-refractivity contribution < 1.29 is 0 Å². The number of anilines is 3. The van der Waals surface area contributed by atoms with Crippen molar-refractivity contribution in [2.45, 2.75) is 0 Å². The monoisotopic (exact) mass is 788 g/mol. The van der Waals surface area contributed by atoms with Gasteiger partial charge in [-0.05, 0) is 121 Å².